The molecule has 96 valence electrons. The second kappa shape index (κ2) is 5.50. The van der Waals surface area contributed by atoms with Crippen LogP contribution in [-0.4, -0.2) is 16.6 Å². The highest BCUT2D eigenvalue weighted by molar-refractivity contribution is 5.33. The Morgan fingerprint density at radius 2 is 2.00 bits per heavy atom. The van der Waals surface area contributed by atoms with Gasteiger partial charge in [0.25, 0.3) is 0 Å². The van der Waals surface area contributed by atoms with Gasteiger partial charge in [-0.15, -0.1) is 0 Å². The summed E-state index contributed by atoms with van der Waals surface area (Å²) in [4.78, 5) is 4.33. The Balaban J connectivity index is 2.82. The van der Waals surface area contributed by atoms with Gasteiger partial charge in [0.1, 0.15) is 5.75 Å². The standard InChI is InChI=1S/C14H24N2O/c1-10(2)17-13-7-11(3)15-8-12(13)9-16-14(4,5)6/h7-8,10,16H,9H2,1-6H3. The van der Waals surface area contributed by atoms with Crippen LogP contribution in [0.3, 0.4) is 0 Å². The molecule has 0 radical (unpaired) electrons. The van der Waals surface area contributed by atoms with Crippen molar-refractivity contribution in [3.05, 3.63) is 23.5 Å². The van der Waals surface area contributed by atoms with E-state index >= 15 is 0 Å². The number of aromatic nitrogens is 1. The largest absolute Gasteiger partial charge is 0.491 e. The van der Waals surface area contributed by atoms with Crippen molar-refractivity contribution < 1.29 is 4.74 Å². The first kappa shape index (κ1) is 14.0. The Morgan fingerprint density at radius 1 is 1.35 bits per heavy atom. The number of ether oxygens (including phenoxy) is 1. The fraction of sp³-hybridized carbons (Fsp3) is 0.643. The first-order valence-corrected chi connectivity index (χ1v) is 6.15. The summed E-state index contributed by atoms with van der Waals surface area (Å²) in [6.07, 6.45) is 2.08. The summed E-state index contributed by atoms with van der Waals surface area (Å²) in [5.41, 5.74) is 2.19. The Kier molecular flexibility index (Phi) is 4.52. The molecule has 1 rings (SSSR count). The number of pyridine rings is 1. The van der Waals surface area contributed by atoms with Gasteiger partial charge in [0, 0.05) is 35.6 Å². The van der Waals surface area contributed by atoms with Crippen molar-refractivity contribution in [1.29, 1.82) is 0 Å². The molecular weight excluding hydrogens is 212 g/mol. The maximum atomic E-state index is 5.81. The molecule has 0 aliphatic carbocycles. The Labute approximate surface area is 105 Å². The lowest BCUT2D eigenvalue weighted by Crippen LogP contribution is -2.35. The lowest BCUT2D eigenvalue weighted by Gasteiger charge is -2.22. The minimum atomic E-state index is 0.0972. The quantitative estimate of drug-likeness (QED) is 0.872. The van der Waals surface area contributed by atoms with Gasteiger partial charge in [-0.05, 0) is 41.5 Å². The molecule has 0 unspecified atom stereocenters. The Bertz CT molecular complexity index is 367. The van der Waals surface area contributed by atoms with Crippen LogP contribution in [0.25, 0.3) is 0 Å². The van der Waals surface area contributed by atoms with E-state index < -0.39 is 0 Å². The molecule has 0 aromatic carbocycles. The highest BCUT2D eigenvalue weighted by atomic mass is 16.5. The van der Waals surface area contributed by atoms with Gasteiger partial charge < -0.3 is 10.1 Å². The van der Waals surface area contributed by atoms with Crippen LogP contribution in [0.2, 0.25) is 0 Å². The van der Waals surface area contributed by atoms with E-state index in [1.54, 1.807) is 0 Å². The first-order valence-electron chi connectivity index (χ1n) is 6.15. The molecule has 3 nitrogen and oxygen atoms in total. The predicted molar refractivity (Wildman–Crippen MR) is 71.3 cm³/mol. The zero-order valence-electron chi connectivity index (χ0n) is 11.8. The molecule has 0 aliphatic heterocycles. The van der Waals surface area contributed by atoms with E-state index in [9.17, 15) is 0 Å². The van der Waals surface area contributed by atoms with E-state index in [0.717, 1.165) is 23.6 Å². The molecule has 1 aromatic heterocycles. The van der Waals surface area contributed by atoms with E-state index in [4.69, 9.17) is 4.74 Å². The van der Waals surface area contributed by atoms with E-state index in [1.165, 1.54) is 0 Å². The third kappa shape index (κ3) is 5.18. The molecule has 0 aliphatic rings. The zero-order chi connectivity index (χ0) is 13.1. The van der Waals surface area contributed by atoms with Crippen molar-refractivity contribution in [3.63, 3.8) is 0 Å². The van der Waals surface area contributed by atoms with E-state index in [2.05, 4.69) is 31.1 Å². The number of rotatable bonds is 4. The lowest BCUT2D eigenvalue weighted by atomic mass is 10.1. The summed E-state index contributed by atoms with van der Waals surface area (Å²) in [6, 6.07) is 2.00. The molecule has 1 N–H and O–H groups in total. The second-order valence-corrected chi connectivity index (χ2v) is 5.70. The van der Waals surface area contributed by atoms with Crippen LogP contribution in [0.1, 0.15) is 45.9 Å². The van der Waals surface area contributed by atoms with Gasteiger partial charge in [0.15, 0.2) is 0 Å². The molecule has 0 amide bonds. The summed E-state index contributed by atoms with van der Waals surface area (Å²) in [7, 11) is 0. The maximum absolute atomic E-state index is 5.81. The first-order chi connectivity index (χ1) is 7.78. The second-order valence-electron chi connectivity index (χ2n) is 5.70. The Morgan fingerprint density at radius 3 is 2.53 bits per heavy atom. The normalized spacial score (nSPS) is 11.9. The maximum Gasteiger partial charge on any atom is 0.127 e. The average molecular weight is 236 g/mol. The van der Waals surface area contributed by atoms with Gasteiger partial charge in [-0.1, -0.05) is 0 Å². The van der Waals surface area contributed by atoms with E-state index in [0.29, 0.717) is 0 Å². The van der Waals surface area contributed by atoms with Crippen LogP contribution in [0.15, 0.2) is 12.3 Å². The van der Waals surface area contributed by atoms with Crippen LogP contribution in [-0.2, 0) is 6.54 Å². The number of nitrogens with one attached hydrogen (secondary N) is 1. The molecule has 1 heterocycles. The van der Waals surface area contributed by atoms with E-state index in [1.807, 2.05) is 33.0 Å². The minimum absolute atomic E-state index is 0.0972. The van der Waals surface area contributed by atoms with E-state index in [-0.39, 0.29) is 11.6 Å². The molecule has 0 bridgehead atoms. The summed E-state index contributed by atoms with van der Waals surface area (Å²) in [6.45, 7) is 13.3. The third-order valence-electron chi connectivity index (χ3n) is 2.25. The van der Waals surface area contributed by atoms with Crippen LogP contribution >= 0.6 is 0 Å². The molecule has 1 aromatic rings. The summed E-state index contributed by atoms with van der Waals surface area (Å²) < 4.78 is 5.81. The van der Waals surface area contributed by atoms with Gasteiger partial charge in [-0.25, -0.2) is 0 Å². The zero-order valence-corrected chi connectivity index (χ0v) is 11.8. The number of hydrogen-bond donors (Lipinski definition) is 1. The molecule has 0 fully saturated rings. The van der Waals surface area contributed by atoms with Gasteiger partial charge in [0.05, 0.1) is 6.10 Å². The van der Waals surface area contributed by atoms with Crippen molar-refractivity contribution >= 4 is 0 Å². The third-order valence-corrected chi connectivity index (χ3v) is 2.25. The topological polar surface area (TPSA) is 34.1 Å². The van der Waals surface area contributed by atoms with Crippen molar-refractivity contribution in [2.75, 3.05) is 0 Å². The molecule has 0 atom stereocenters. The number of aryl methyl sites for hydroxylation is 1. The van der Waals surface area contributed by atoms with Crippen LogP contribution in [0.4, 0.5) is 0 Å². The van der Waals surface area contributed by atoms with Crippen molar-refractivity contribution in [1.82, 2.24) is 10.3 Å². The monoisotopic (exact) mass is 236 g/mol. The highest BCUT2D eigenvalue weighted by Gasteiger charge is 2.12. The number of nitrogens with zero attached hydrogens (tertiary/aromatic N) is 1. The molecule has 0 saturated heterocycles. The Hall–Kier alpha value is -1.09. The van der Waals surface area contributed by atoms with Crippen LogP contribution in [0.5, 0.6) is 5.75 Å². The van der Waals surface area contributed by atoms with Gasteiger partial charge in [-0.2, -0.15) is 0 Å². The average Bonchev–Trinajstić information content (AvgIpc) is 2.14. The van der Waals surface area contributed by atoms with Crippen molar-refractivity contribution in [3.8, 4) is 5.75 Å². The van der Waals surface area contributed by atoms with Crippen molar-refractivity contribution in [2.45, 2.75) is 59.7 Å². The predicted octanol–water partition coefficient (Wildman–Crippen LogP) is 3.07. The van der Waals surface area contributed by atoms with Crippen molar-refractivity contribution in [2.24, 2.45) is 0 Å². The SMILES string of the molecule is Cc1cc(OC(C)C)c(CNC(C)(C)C)cn1. The highest BCUT2D eigenvalue weighted by Crippen LogP contribution is 2.20. The fourth-order valence-electron chi connectivity index (χ4n) is 1.42. The summed E-state index contributed by atoms with van der Waals surface area (Å²) in [5, 5.41) is 3.45. The molecular formula is C14H24N2O. The van der Waals surface area contributed by atoms with Gasteiger partial charge in [0.2, 0.25) is 0 Å². The lowest BCUT2D eigenvalue weighted by molar-refractivity contribution is 0.238. The molecule has 3 heteroatoms. The smallest absolute Gasteiger partial charge is 0.127 e. The summed E-state index contributed by atoms with van der Waals surface area (Å²) >= 11 is 0. The molecule has 17 heavy (non-hydrogen) atoms. The van der Waals surface area contributed by atoms with Gasteiger partial charge in [-0.3, -0.25) is 4.98 Å². The van der Waals surface area contributed by atoms with Crippen LogP contribution in [0, 0.1) is 6.92 Å². The number of hydrogen-bond acceptors (Lipinski definition) is 3. The van der Waals surface area contributed by atoms with Crippen LogP contribution < -0.4 is 10.1 Å². The molecule has 0 saturated carbocycles. The van der Waals surface area contributed by atoms with Gasteiger partial charge >= 0.3 is 0 Å². The minimum Gasteiger partial charge on any atom is -0.491 e. The summed E-state index contributed by atoms with van der Waals surface area (Å²) in [5.74, 6) is 0.934. The molecule has 0 spiro atoms. The fourth-order valence-corrected chi connectivity index (χ4v) is 1.42.